The van der Waals surface area contributed by atoms with E-state index in [1.54, 1.807) is 0 Å². The van der Waals surface area contributed by atoms with E-state index in [0.29, 0.717) is 11.4 Å². The number of amides is 1. The summed E-state index contributed by atoms with van der Waals surface area (Å²) in [5.41, 5.74) is 4.26. The quantitative estimate of drug-likeness (QED) is 0.535. The molecule has 1 amide bonds. The lowest BCUT2D eigenvalue weighted by molar-refractivity contribution is -0.0483. The van der Waals surface area contributed by atoms with E-state index in [2.05, 4.69) is 50.1 Å². The van der Waals surface area contributed by atoms with Crippen LogP contribution in [0.25, 0.3) is 10.2 Å². The molecule has 0 saturated carbocycles. The summed E-state index contributed by atoms with van der Waals surface area (Å²) in [5, 5.41) is 10.7. The molecule has 7 nitrogen and oxygen atoms in total. The topological polar surface area (TPSA) is 78.5 Å². The molecule has 4 heterocycles. The molecule has 2 aliphatic heterocycles. The summed E-state index contributed by atoms with van der Waals surface area (Å²) >= 11 is 1.44. The van der Waals surface area contributed by atoms with Gasteiger partial charge in [-0.2, -0.15) is 0 Å². The number of anilines is 2. The van der Waals surface area contributed by atoms with E-state index in [9.17, 15) is 4.79 Å². The summed E-state index contributed by atoms with van der Waals surface area (Å²) in [6.45, 7) is 6.26. The smallest absolute Gasteiger partial charge is 0.263 e. The molecule has 5 rings (SSSR count). The lowest BCUT2D eigenvalue weighted by Crippen LogP contribution is -2.58. The molecule has 0 spiro atoms. The van der Waals surface area contributed by atoms with E-state index in [4.69, 9.17) is 4.74 Å². The highest BCUT2D eigenvalue weighted by atomic mass is 32.1. The summed E-state index contributed by atoms with van der Waals surface area (Å²) in [4.78, 5) is 21.4. The molecule has 0 aliphatic carbocycles. The molecular weight excluding hydrogens is 422 g/mol. The van der Waals surface area contributed by atoms with Gasteiger partial charge in [0.1, 0.15) is 9.71 Å². The summed E-state index contributed by atoms with van der Waals surface area (Å²) in [6.07, 6.45) is 1.34. The number of carbonyl (C=O) groups excluding carboxylic acids is 1. The summed E-state index contributed by atoms with van der Waals surface area (Å²) in [5.74, 6) is -0.0555. The van der Waals surface area contributed by atoms with Gasteiger partial charge in [0.05, 0.1) is 17.9 Å². The zero-order valence-electron chi connectivity index (χ0n) is 18.5. The second-order valence-electron chi connectivity index (χ2n) is 8.48. The predicted octanol–water partition coefficient (Wildman–Crippen LogP) is 2.80. The molecule has 2 atom stereocenters. The molecule has 8 heteroatoms. The summed E-state index contributed by atoms with van der Waals surface area (Å²) < 4.78 is 6.00. The highest BCUT2D eigenvalue weighted by Crippen LogP contribution is 2.34. The maximum absolute atomic E-state index is 12.8. The van der Waals surface area contributed by atoms with Gasteiger partial charge in [-0.05, 0) is 43.2 Å². The Morgan fingerprint density at radius 1 is 1.19 bits per heavy atom. The van der Waals surface area contributed by atoms with E-state index in [1.807, 2.05) is 26.1 Å². The van der Waals surface area contributed by atoms with E-state index in [1.165, 1.54) is 22.6 Å². The minimum Gasteiger partial charge on any atom is -0.386 e. The van der Waals surface area contributed by atoms with Crippen LogP contribution in [0.4, 0.5) is 11.4 Å². The maximum atomic E-state index is 12.8. The van der Waals surface area contributed by atoms with Crippen LogP contribution in [-0.2, 0) is 11.2 Å². The average molecular weight is 452 g/mol. The van der Waals surface area contributed by atoms with Crippen molar-refractivity contribution in [1.82, 2.24) is 15.6 Å². The first-order valence-corrected chi connectivity index (χ1v) is 12.0. The Bertz CT molecular complexity index is 1100. The third kappa shape index (κ3) is 4.30. The Morgan fingerprint density at radius 3 is 2.66 bits per heavy atom. The number of nitrogens with one attached hydrogen (secondary N) is 3. The number of hydrogen-bond acceptors (Lipinski definition) is 7. The lowest BCUT2D eigenvalue weighted by Gasteiger charge is -2.42. The van der Waals surface area contributed by atoms with E-state index < -0.39 is 0 Å². The van der Waals surface area contributed by atoms with Gasteiger partial charge in [-0.3, -0.25) is 4.79 Å². The SMILES string of the molecule is CNc1c(C(=O)NCCc2ccc(N3CC4CNCC(C3)O4)cc2)sc2nc(C)ccc12. The van der Waals surface area contributed by atoms with Crippen molar-refractivity contribution in [1.29, 1.82) is 0 Å². The predicted molar refractivity (Wildman–Crippen MR) is 130 cm³/mol. The number of aromatic nitrogens is 1. The van der Waals surface area contributed by atoms with Crippen LogP contribution in [0, 0.1) is 6.92 Å². The monoisotopic (exact) mass is 451 g/mol. The number of fused-ring (bicyclic) bond motifs is 3. The summed E-state index contributed by atoms with van der Waals surface area (Å²) in [6, 6.07) is 12.7. The first kappa shape index (κ1) is 21.2. The number of aryl methyl sites for hydroxylation is 1. The number of thiophene rings is 1. The summed E-state index contributed by atoms with van der Waals surface area (Å²) in [7, 11) is 1.85. The number of nitrogens with zero attached hydrogens (tertiary/aromatic N) is 2. The number of benzene rings is 1. The van der Waals surface area contributed by atoms with Crippen LogP contribution in [-0.4, -0.2) is 62.9 Å². The lowest BCUT2D eigenvalue weighted by atomic mass is 10.1. The Balaban J connectivity index is 1.19. The first-order valence-electron chi connectivity index (χ1n) is 11.2. The average Bonchev–Trinajstić information content (AvgIpc) is 3.17. The molecule has 2 bridgehead atoms. The number of carbonyl (C=O) groups is 1. The van der Waals surface area contributed by atoms with Crippen molar-refractivity contribution in [2.75, 3.05) is 50.0 Å². The van der Waals surface area contributed by atoms with Crippen LogP contribution in [0.1, 0.15) is 20.9 Å². The Morgan fingerprint density at radius 2 is 1.94 bits per heavy atom. The maximum Gasteiger partial charge on any atom is 0.263 e. The Hall–Kier alpha value is -2.68. The van der Waals surface area contributed by atoms with Crippen LogP contribution in [0.5, 0.6) is 0 Å². The molecule has 0 radical (unpaired) electrons. The molecule has 1 aromatic carbocycles. The van der Waals surface area contributed by atoms with Gasteiger partial charge in [0.15, 0.2) is 0 Å². The zero-order chi connectivity index (χ0) is 22.1. The van der Waals surface area contributed by atoms with Crippen molar-refractivity contribution in [3.05, 3.63) is 52.5 Å². The first-order chi connectivity index (χ1) is 15.6. The van der Waals surface area contributed by atoms with Crippen molar-refractivity contribution in [2.45, 2.75) is 25.6 Å². The fourth-order valence-electron chi connectivity index (χ4n) is 4.52. The molecule has 168 valence electrons. The second kappa shape index (κ2) is 9.05. The van der Waals surface area contributed by atoms with Crippen molar-refractivity contribution in [3.63, 3.8) is 0 Å². The molecule has 2 aliphatic rings. The number of ether oxygens (including phenoxy) is 1. The van der Waals surface area contributed by atoms with Crippen LogP contribution < -0.4 is 20.9 Å². The molecule has 32 heavy (non-hydrogen) atoms. The van der Waals surface area contributed by atoms with Gasteiger partial charge in [0.25, 0.3) is 5.91 Å². The fourth-order valence-corrected chi connectivity index (χ4v) is 5.66. The van der Waals surface area contributed by atoms with Gasteiger partial charge in [-0.15, -0.1) is 11.3 Å². The number of morpholine rings is 2. The molecular formula is C24H29N5O2S. The van der Waals surface area contributed by atoms with Gasteiger partial charge >= 0.3 is 0 Å². The molecule has 3 aromatic rings. The molecule has 2 unspecified atom stereocenters. The number of rotatable bonds is 6. The Labute approximate surface area is 192 Å². The third-order valence-corrected chi connectivity index (χ3v) is 7.23. The number of hydrogen-bond donors (Lipinski definition) is 3. The van der Waals surface area contributed by atoms with Crippen molar-refractivity contribution in [3.8, 4) is 0 Å². The van der Waals surface area contributed by atoms with Crippen LogP contribution >= 0.6 is 11.3 Å². The van der Waals surface area contributed by atoms with Crippen molar-refractivity contribution >= 4 is 38.8 Å². The van der Waals surface area contributed by atoms with Crippen LogP contribution in [0.15, 0.2) is 36.4 Å². The van der Waals surface area contributed by atoms with E-state index >= 15 is 0 Å². The van der Waals surface area contributed by atoms with Gasteiger partial charge in [0.2, 0.25) is 0 Å². The van der Waals surface area contributed by atoms with Gasteiger partial charge in [0, 0.05) is 56.5 Å². The normalized spacial score (nSPS) is 20.4. The van der Waals surface area contributed by atoms with Gasteiger partial charge in [-0.1, -0.05) is 12.1 Å². The van der Waals surface area contributed by atoms with Gasteiger partial charge < -0.3 is 25.6 Å². The molecule has 3 N–H and O–H groups in total. The third-order valence-electron chi connectivity index (χ3n) is 6.13. The highest BCUT2D eigenvalue weighted by Gasteiger charge is 2.31. The zero-order valence-corrected chi connectivity index (χ0v) is 19.3. The Kier molecular flexibility index (Phi) is 5.99. The largest absolute Gasteiger partial charge is 0.386 e. The molecule has 2 fully saturated rings. The van der Waals surface area contributed by atoms with Crippen LogP contribution in [0.2, 0.25) is 0 Å². The molecule has 2 aromatic heterocycles. The van der Waals surface area contributed by atoms with E-state index in [-0.39, 0.29) is 18.1 Å². The second-order valence-corrected chi connectivity index (χ2v) is 9.48. The van der Waals surface area contributed by atoms with Crippen LogP contribution in [0.3, 0.4) is 0 Å². The highest BCUT2D eigenvalue weighted by molar-refractivity contribution is 7.21. The van der Waals surface area contributed by atoms with Crippen molar-refractivity contribution in [2.24, 2.45) is 0 Å². The molecule has 2 saturated heterocycles. The van der Waals surface area contributed by atoms with E-state index in [0.717, 1.165) is 54.2 Å². The van der Waals surface area contributed by atoms with Gasteiger partial charge in [-0.25, -0.2) is 4.98 Å². The minimum atomic E-state index is -0.0555. The fraction of sp³-hybridized carbons (Fsp3) is 0.417. The van der Waals surface area contributed by atoms with Crippen molar-refractivity contribution < 1.29 is 9.53 Å². The standard InChI is InChI=1S/C24H29N5O2S/c1-15-3-8-20-21(25-2)22(32-24(20)28-15)23(30)27-10-9-16-4-6-17(7-5-16)29-13-18-11-26-12-19(14-29)31-18/h3-8,18-19,25-26H,9-14H2,1-2H3,(H,27,30). The number of pyridine rings is 1. The minimum absolute atomic E-state index is 0.0555.